The van der Waals surface area contributed by atoms with Crippen molar-refractivity contribution < 1.29 is 0 Å². The molecule has 254 valence electrons. The van der Waals surface area contributed by atoms with Gasteiger partial charge in [0.25, 0.3) is 0 Å². The maximum atomic E-state index is 2.49. The molecule has 0 unspecified atom stereocenters. The van der Waals surface area contributed by atoms with Crippen LogP contribution in [-0.4, -0.2) is 13.7 Å². The van der Waals surface area contributed by atoms with E-state index in [0.29, 0.717) is 0 Å². The van der Waals surface area contributed by atoms with Gasteiger partial charge in [0, 0.05) is 54.8 Å². The highest BCUT2D eigenvalue weighted by Gasteiger charge is 2.38. The lowest BCUT2D eigenvalue weighted by molar-refractivity contribution is 0.666. The van der Waals surface area contributed by atoms with Crippen LogP contribution in [-0.2, 0) is 5.41 Å². The van der Waals surface area contributed by atoms with Crippen molar-refractivity contribution in [3.05, 3.63) is 187 Å². The Balaban J connectivity index is 1.10. The second-order valence-corrected chi connectivity index (χ2v) is 15.3. The number of para-hydroxylation sites is 4. The minimum absolute atomic E-state index is 0.105. The normalized spacial score (nSPS) is 13.5. The molecule has 8 aromatic carbocycles. The first kappa shape index (κ1) is 29.7. The van der Waals surface area contributed by atoms with E-state index in [2.05, 4.69) is 203 Å². The van der Waals surface area contributed by atoms with Crippen molar-refractivity contribution in [1.29, 1.82) is 0 Å². The molecule has 3 nitrogen and oxygen atoms in total. The summed E-state index contributed by atoms with van der Waals surface area (Å²) >= 11 is 0. The Morgan fingerprint density at radius 1 is 0.333 bits per heavy atom. The van der Waals surface area contributed by atoms with Gasteiger partial charge in [-0.2, -0.15) is 0 Å². The lowest BCUT2D eigenvalue weighted by Gasteiger charge is -2.22. The van der Waals surface area contributed by atoms with Crippen molar-refractivity contribution in [2.24, 2.45) is 0 Å². The summed E-state index contributed by atoms with van der Waals surface area (Å²) in [6, 6.07) is 64.9. The number of fused-ring (bicyclic) bond motifs is 13. The second-order valence-electron chi connectivity index (χ2n) is 15.3. The highest BCUT2D eigenvalue weighted by atomic mass is 15.0. The number of hydrogen-bond donors (Lipinski definition) is 0. The zero-order valence-corrected chi connectivity index (χ0v) is 30.1. The first-order valence-electron chi connectivity index (χ1n) is 18.9. The van der Waals surface area contributed by atoms with E-state index in [-0.39, 0.29) is 5.41 Å². The molecular weight excluding hydrogens is 655 g/mol. The highest BCUT2D eigenvalue weighted by Crippen LogP contribution is 2.53. The Labute approximate surface area is 312 Å². The average Bonchev–Trinajstić information content (AvgIpc) is 3.91. The molecule has 0 N–H and O–H groups in total. The molecule has 0 radical (unpaired) electrons. The highest BCUT2D eigenvalue weighted by molar-refractivity contribution is 6.16. The number of benzene rings is 8. The van der Waals surface area contributed by atoms with Crippen LogP contribution in [0.4, 0.5) is 0 Å². The molecular formula is C51H35N3. The van der Waals surface area contributed by atoms with Crippen LogP contribution in [0.25, 0.3) is 93.6 Å². The lowest BCUT2D eigenvalue weighted by atomic mass is 9.80. The lowest BCUT2D eigenvalue weighted by Crippen LogP contribution is -2.15. The van der Waals surface area contributed by atoms with Gasteiger partial charge in [-0.15, -0.1) is 0 Å². The summed E-state index contributed by atoms with van der Waals surface area (Å²) in [5, 5.41) is 7.66. The van der Waals surface area contributed by atoms with Crippen LogP contribution in [0.2, 0.25) is 0 Å². The van der Waals surface area contributed by atoms with Crippen molar-refractivity contribution >= 4 is 65.4 Å². The van der Waals surface area contributed by atoms with Crippen molar-refractivity contribution in [3.63, 3.8) is 0 Å². The Morgan fingerprint density at radius 3 is 1.44 bits per heavy atom. The number of hydrogen-bond acceptors (Lipinski definition) is 0. The van der Waals surface area contributed by atoms with Gasteiger partial charge in [-0.1, -0.05) is 117 Å². The quantitative estimate of drug-likeness (QED) is 0.175. The van der Waals surface area contributed by atoms with Gasteiger partial charge in [0.05, 0.1) is 33.1 Å². The maximum absolute atomic E-state index is 2.49. The maximum Gasteiger partial charge on any atom is 0.0544 e. The summed E-state index contributed by atoms with van der Waals surface area (Å²) < 4.78 is 7.31. The Hall–Kier alpha value is -6.84. The topological polar surface area (TPSA) is 14.8 Å². The number of aromatic nitrogens is 3. The second kappa shape index (κ2) is 10.6. The first-order chi connectivity index (χ1) is 26.6. The largest absolute Gasteiger partial charge is 0.309 e. The van der Waals surface area contributed by atoms with Gasteiger partial charge >= 0.3 is 0 Å². The van der Waals surface area contributed by atoms with Crippen molar-refractivity contribution in [1.82, 2.24) is 13.7 Å². The zero-order valence-electron chi connectivity index (χ0n) is 30.1. The molecule has 54 heavy (non-hydrogen) atoms. The monoisotopic (exact) mass is 689 g/mol. The van der Waals surface area contributed by atoms with Gasteiger partial charge < -0.3 is 13.7 Å². The van der Waals surface area contributed by atoms with E-state index in [1.807, 2.05) is 0 Å². The molecule has 0 saturated heterocycles. The van der Waals surface area contributed by atoms with E-state index in [4.69, 9.17) is 0 Å². The Kier molecular flexibility index (Phi) is 5.84. The molecule has 0 bridgehead atoms. The predicted octanol–water partition coefficient (Wildman–Crippen LogP) is 13.3. The molecule has 1 aliphatic rings. The van der Waals surface area contributed by atoms with Crippen LogP contribution in [0.3, 0.4) is 0 Å². The van der Waals surface area contributed by atoms with Gasteiger partial charge in [0.2, 0.25) is 0 Å². The summed E-state index contributed by atoms with van der Waals surface area (Å²) in [5.41, 5.74) is 16.2. The third kappa shape index (κ3) is 3.80. The van der Waals surface area contributed by atoms with E-state index in [0.717, 1.165) is 5.69 Å². The van der Waals surface area contributed by atoms with E-state index in [1.54, 1.807) is 0 Å². The molecule has 0 atom stereocenters. The van der Waals surface area contributed by atoms with Crippen LogP contribution >= 0.6 is 0 Å². The van der Waals surface area contributed by atoms with Gasteiger partial charge in [-0.25, -0.2) is 0 Å². The van der Waals surface area contributed by atoms with Crippen LogP contribution < -0.4 is 0 Å². The molecule has 3 heteroatoms. The number of nitrogens with zero attached hydrogens (tertiary/aromatic N) is 3. The van der Waals surface area contributed by atoms with Gasteiger partial charge in [0.1, 0.15) is 0 Å². The van der Waals surface area contributed by atoms with E-state index in [1.165, 1.54) is 99.0 Å². The number of rotatable bonds is 3. The fourth-order valence-corrected chi connectivity index (χ4v) is 9.94. The standard InChI is InChI=1S/C51H35N3/c1-51(2)42-20-10-6-16-35(42)38-26-29-48-49(50(38)51)39-19-9-13-23-45(39)54(48)34-25-28-47-41(31-34)37-18-8-12-22-44(37)53(47)33-24-27-46-40(30-33)36-17-7-11-21-43(36)52(46)32-14-4-3-5-15-32/h3-31H,1-2H3. The molecule has 3 heterocycles. The molecule has 11 aromatic rings. The molecule has 1 aliphatic carbocycles. The summed E-state index contributed by atoms with van der Waals surface area (Å²) in [7, 11) is 0. The van der Waals surface area contributed by atoms with Crippen LogP contribution in [0.5, 0.6) is 0 Å². The molecule has 0 spiro atoms. The SMILES string of the molecule is CC1(C)c2ccccc2-c2ccc3c(c21)c1ccccc1n3-c1ccc2c(c1)c1ccccc1n2-c1ccc2c(c1)c1ccccc1n2-c1ccccc1. The molecule has 0 aliphatic heterocycles. The minimum Gasteiger partial charge on any atom is -0.309 e. The van der Waals surface area contributed by atoms with E-state index < -0.39 is 0 Å². The summed E-state index contributed by atoms with van der Waals surface area (Å²) in [6.07, 6.45) is 0. The van der Waals surface area contributed by atoms with Gasteiger partial charge in [-0.05, 0) is 95.1 Å². The van der Waals surface area contributed by atoms with Crippen molar-refractivity contribution in [3.8, 4) is 28.2 Å². The molecule has 3 aromatic heterocycles. The van der Waals surface area contributed by atoms with Crippen LogP contribution in [0.15, 0.2) is 176 Å². The fraction of sp³-hybridized carbons (Fsp3) is 0.0588. The fourth-order valence-electron chi connectivity index (χ4n) is 9.94. The summed E-state index contributed by atoms with van der Waals surface area (Å²) in [5.74, 6) is 0. The smallest absolute Gasteiger partial charge is 0.0544 e. The van der Waals surface area contributed by atoms with Gasteiger partial charge in [0.15, 0.2) is 0 Å². The van der Waals surface area contributed by atoms with Crippen LogP contribution in [0.1, 0.15) is 25.0 Å². The van der Waals surface area contributed by atoms with Crippen molar-refractivity contribution in [2.75, 3.05) is 0 Å². The third-order valence-electron chi connectivity index (χ3n) is 12.2. The van der Waals surface area contributed by atoms with Crippen LogP contribution in [0, 0.1) is 0 Å². The first-order valence-corrected chi connectivity index (χ1v) is 18.9. The van der Waals surface area contributed by atoms with E-state index in [9.17, 15) is 0 Å². The molecule has 12 rings (SSSR count). The zero-order chi connectivity index (χ0) is 35.7. The summed E-state index contributed by atoms with van der Waals surface area (Å²) in [6.45, 7) is 4.78. The third-order valence-corrected chi connectivity index (χ3v) is 12.2. The van der Waals surface area contributed by atoms with Crippen molar-refractivity contribution in [2.45, 2.75) is 19.3 Å². The van der Waals surface area contributed by atoms with E-state index >= 15 is 0 Å². The van der Waals surface area contributed by atoms with Gasteiger partial charge in [-0.3, -0.25) is 0 Å². The molecule has 0 saturated carbocycles. The average molecular weight is 690 g/mol. The summed E-state index contributed by atoms with van der Waals surface area (Å²) in [4.78, 5) is 0. The Morgan fingerprint density at radius 2 is 0.796 bits per heavy atom. The predicted molar refractivity (Wildman–Crippen MR) is 227 cm³/mol. The minimum atomic E-state index is -0.105. The molecule has 0 amide bonds. The Bertz CT molecular complexity index is 3350. The molecule has 0 fully saturated rings.